The maximum absolute atomic E-state index is 10.3. The van der Waals surface area contributed by atoms with E-state index in [0.29, 0.717) is 5.92 Å². The van der Waals surface area contributed by atoms with Crippen molar-refractivity contribution in [2.24, 2.45) is 5.92 Å². The van der Waals surface area contributed by atoms with Crippen LogP contribution in [-0.2, 0) is 6.42 Å². The van der Waals surface area contributed by atoms with Crippen molar-refractivity contribution >= 4 is 0 Å². The van der Waals surface area contributed by atoms with E-state index in [2.05, 4.69) is 31.0 Å². The van der Waals surface area contributed by atoms with E-state index in [1.807, 2.05) is 24.3 Å². The van der Waals surface area contributed by atoms with Crippen LogP contribution >= 0.6 is 0 Å². The topological polar surface area (TPSA) is 33.1 Å². The van der Waals surface area contributed by atoms with Gasteiger partial charge in [-0.05, 0) is 29.5 Å². The number of pyridine rings is 1. The van der Waals surface area contributed by atoms with Gasteiger partial charge in [0.15, 0.2) is 0 Å². The molecule has 1 atom stereocenters. The summed E-state index contributed by atoms with van der Waals surface area (Å²) in [6.45, 7) is 4.40. The van der Waals surface area contributed by atoms with Crippen molar-refractivity contribution in [2.45, 2.75) is 26.4 Å². The predicted octanol–water partition coefficient (Wildman–Crippen LogP) is 3.36. The van der Waals surface area contributed by atoms with Crippen LogP contribution in [0.3, 0.4) is 0 Å². The van der Waals surface area contributed by atoms with Crippen LogP contribution in [0.1, 0.15) is 36.6 Å². The Morgan fingerprint density at radius 1 is 1.11 bits per heavy atom. The molecule has 0 aliphatic carbocycles. The average molecular weight is 241 g/mol. The molecular weight excluding hydrogens is 222 g/mol. The highest BCUT2D eigenvalue weighted by Crippen LogP contribution is 2.22. The summed E-state index contributed by atoms with van der Waals surface area (Å²) in [7, 11) is 0. The lowest BCUT2D eigenvalue weighted by atomic mass is 9.97. The summed E-state index contributed by atoms with van der Waals surface area (Å²) in [5, 5.41) is 10.3. The molecule has 18 heavy (non-hydrogen) atoms. The van der Waals surface area contributed by atoms with Crippen molar-refractivity contribution in [2.75, 3.05) is 0 Å². The van der Waals surface area contributed by atoms with Gasteiger partial charge in [0.05, 0.1) is 0 Å². The number of aliphatic hydroxyl groups is 1. The van der Waals surface area contributed by atoms with Gasteiger partial charge in [0.25, 0.3) is 0 Å². The van der Waals surface area contributed by atoms with Gasteiger partial charge in [-0.2, -0.15) is 0 Å². The highest BCUT2D eigenvalue weighted by Gasteiger charge is 2.10. The molecule has 1 N–H and O–H groups in total. The number of hydrogen-bond acceptors (Lipinski definition) is 2. The molecule has 1 unspecified atom stereocenters. The second kappa shape index (κ2) is 5.78. The van der Waals surface area contributed by atoms with Gasteiger partial charge in [0.1, 0.15) is 6.10 Å². The van der Waals surface area contributed by atoms with E-state index in [1.165, 1.54) is 5.56 Å². The summed E-state index contributed by atoms with van der Waals surface area (Å²) >= 11 is 0. The Balaban J connectivity index is 2.23. The maximum Gasteiger partial charge on any atom is 0.106 e. The molecule has 0 bridgehead atoms. The van der Waals surface area contributed by atoms with Crippen molar-refractivity contribution in [1.29, 1.82) is 0 Å². The Hall–Kier alpha value is -1.67. The minimum atomic E-state index is -0.592. The van der Waals surface area contributed by atoms with E-state index < -0.39 is 6.10 Å². The lowest BCUT2D eigenvalue weighted by molar-refractivity contribution is 0.219. The van der Waals surface area contributed by atoms with Gasteiger partial charge in [-0.25, -0.2) is 0 Å². The molecule has 2 aromatic rings. The van der Waals surface area contributed by atoms with Gasteiger partial charge >= 0.3 is 0 Å². The monoisotopic (exact) mass is 241 g/mol. The van der Waals surface area contributed by atoms with E-state index in [4.69, 9.17) is 0 Å². The van der Waals surface area contributed by atoms with Crippen LogP contribution in [0.2, 0.25) is 0 Å². The predicted molar refractivity (Wildman–Crippen MR) is 73.3 cm³/mol. The molecule has 0 radical (unpaired) electrons. The normalized spacial score (nSPS) is 12.7. The highest BCUT2D eigenvalue weighted by molar-refractivity contribution is 5.31. The van der Waals surface area contributed by atoms with Gasteiger partial charge in [-0.3, -0.25) is 4.98 Å². The molecule has 0 saturated heterocycles. The molecule has 2 rings (SSSR count). The third-order valence-corrected chi connectivity index (χ3v) is 2.91. The first-order valence-corrected chi connectivity index (χ1v) is 6.33. The smallest absolute Gasteiger partial charge is 0.106 e. The Bertz CT molecular complexity index is 493. The highest BCUT2D eigenvalue weighted by atomic mass is 16.3. The minimum absolute atomic E-state index is 0.592. The van der Waals surface area contributed by atoms with Crippen molar-refractivity contribution in [1.82, 2.24) is 4.98 Å². The fourth-order valence-electron chi connectivity index (χ4n) is 2.09. The first kappa shape index (κ1) is 12.8. The van der Waals surface area contributed by atoms with Gasteiger partial charge < -0.3 is 5.11 Å². The van der Waals surface area contributed by atoms with Crippen LogP contribution in [0.5, 0.6) is 0 Å². The van der Waals surface area contributed by atoms with Crippen LogP contribution in [0.4, 0.5) is 0 Å². The zero-order valence-electron chi connectivity index (χ0n) is 10.9. The Labute approximate surface area is 108 Å². The van der Waals surface area contributed by atoms with Gasteiger partial charge in [0, 0.05) is 18.0 Å². The minimum Gasteiger partial charge on any atom is -0.384 e. The number of aromatic nitrogens is 1. The second-order valence-corrected chi connectivity index (χ2v) is 5.03. The van der Waals surface area contributed by atoms with Crippen LogP contribution in [0.25, 0.3) is 0 Å². The van der Waals surface area contributed by atoms with E-state index >= 15 is 0 Å². The summed E-state index contributed by atoms with van der Waals surface area (Å²) in [4.78, 5) is 4.04. The number of rotatable bonds is 4. The van der Waals surface area contributed by atoms with E-state index in [0.717, 1.165) is 17.5 Å². The zero-order valence-corrected chi connectivity index (χ0v) is 10.9. The Morgan fingerprint density at radius 2 is 1.89 bits per heavy atom. The maximum atomic E-state index is 10.3. The first-order valence-electron chi connectivity index (χ1n) is 6.33. The second-order valence-electron chi connectivity index (χ2n) is 5.03. The molecule has 1 aromatic heterocycles. The van der Waals surface area contributed by atoms with Crippen molar-refractivity contribution in [3.8, 4) is 0 Å². The molecule has 0 saturated carbocycles. The summed E-state index contributed by atoms with van der Waals surface area (Å²) in [6, 6.07) is 11.9. The number of aliphatic hydroxyl groups excluding tert-OH is 1. The third kappa shape index (κ3) is 3.17. The standard InChI is InChI=1S/C16H19NO/c1-12(2)9-13-5-3-6-14(10-13)16(18)15-7-4-8-17-11-15/h3-8,10-12,16,18H,9H2,1-2H3. The molecule has 0 fully saturated rings. The fourth-order valence-corrected chi connectivity index (χ4v) is 2.09. The Kier molecular flexibility index (Phi) is 4.11. The molecule has 2 heteroatoms. The number of nitrogens with zero attached hydrogens (tertiary/aromatic N) is 1. The summed E-state index contributed by atoms with van der Waals surface area (Å²) in [6.07, 6.45) is 3.87. The molecule has 1 aromatic carbocycles. The number of hydrogen-bond donors (Lipinski definition) is 1. The van der Waals surface area contributed by atoms with E-state index in [1.54, 1.807) is 12.4 Å². The average Bonchev–Trinajstić information content (AvgIpc) is 2.38. The summed E-state index contributed by atoms with van der Waals surface area (Å²) in [5.41, 5.74) is 3.03. The zero-order chi connectivity index (χ0) is 13.0. The molecule has 94 valence electrons. The van der Waals surface area contributed by atoms with E-state index in [-0.39, 0.29) is 0 Å². The number of benzene rings is 1. The molecular formula is C16H19NO. The molecule has 0 amide bonds. The molecule has 2 nitrogen and oxygen atoms in total. The first-order chi connectivity index (χ1) is 8.66. The van der Waals surface area contributed by atoms with Crippen molar-refractivity contribution < 1.29 is 5.11 Å². The molecule has 0 aliphatic heterocycles. The van der Waals surface area contributed by atoms with Crippen LogP contribution in [0, 0.1) is 5.92 Å². The lowest BCUT2D eigenvalue weighted by Gasteiger charge is -2.13. The van der Waals surface area contributed by atoms with Gasteiger partial charge in [-0.1, -0.05) is 44.2 Å². The Morgan fingerprint density at radius 3 is 2.56 bits per heavy atom. The largest absolute Gasteiger partial charge is 0.384 e. The van der Waals surface area contributed by atoms with Gasteiger partial charge in [0.2, 0.25) is 0 Å². The molecule has 0 aliphatic rings. The lowest BCUT2D eigenvalue weighted by Crippen LogP contribution is -2.02. The quantitative estimate of drug-likeness (QED) is 0.890. The van der Waals surface area contributed by atoms with Crippen LogP contribution in [0.15, 0.2) is 48.8 Å². The van der Waals surface area contributed by atoms with Crippen LogP contribution in [-0.4, -0.2) is 10.1 Å². The third-order valence-electron chi connectivity index (χ3n) is 2.91. The SMILES string of the molecule is CC(C)Cc1cccc(C(O)c2cccnc2)c1. The van der Waals surface area contributed by atoms with E-state index in [9.17, 15) is 5.11 Å². The van der Waals surface area contributed by atoms with Crippen molar-refractivity contribution in [3.63, 3.8) is 0 Å². The van der Waals surface area contributed by atoms with Gasteiger partial charge in [-0.15, -0.1) is 0 Å². The van der Waals surface area contributed by atoms with Crippen LogP contribution < -0.4 is 0 Å². The summed E-state index contributed by atoms with van der Waals surface area (Å²) in [5.74, 6) is 0.621. The molecule has 1 heterocycles. The summed E-state index contributed by atoms with van der Waals surface area (Å²) < 4.78 is 0. The van der Waals surface area contributed by atoms with Crippen molar-refractivity contribution in [3.05, 3.63) is 65.5 Å². The fraction of sp³-hybridized carbons (Fsp3) is 0.312. The molecule has 0 spiro atoms.